The van der Waals surface area contributed by atoms with E-state index in [1.807, 2.05) is 36.4 Å². The van der Waals surface area contributed by atoms with E-state index in [1.165, 1.54) is 24.2 Å². The van der Waals surface area contributed by atoms with Gasteiger partial charge >= 0.3 is 4.87 Å². The lowest BCUT2D eigenvalue weighted by atomic mass is 9.95. The molecule has 0 unspecified atom stereocenters. The average molecular weight is 496 g/mol. The Balaban J connectivity index is 1.55. The van der Waals surface area contributed by atoms with Crippen LogP contribution in [0.4, 0.5) is 4.39 Å². The van der Waals surface area contributed by atoms with Crippen molar-refractivity contribution in [2.45, 2.75) is 62.0 Å². The van der Waals surface area contributed by atoms with Gasteiger partial charge in [-0.05, 0) is 36.5 Å². The second-order valence-corrected chi connectivity index (χ2v) is 10.6. The number of fused-ring (bicyclic) bond motifs is 1. The fraction of sp³-hybridized carbons (Fsp3) is 0.346. The van der Waals surface area contributed by atoms with Crippen molar-refractivity contribution in [1.82, 2.24) is 14.1 Å². The van der Waals surface area contributed by atoms with Crippen LogP contribution in [-0.4, -0.2) is 14.1 Å². The van der Waals surface area contributed by atoms with Crippen LogP contribution in [0, 0.1) is 5.82 Å². The number of thiazole rings is 1. The van der Waals surface area contributed by atoms with Gasteiger partial charge in [0.15, 0.2) is 10.8 Å². The molecule has 1 aliphatic carbocycles. The van der Waals surface area contributed by atoms with Crippen LogP contribution >= 0.6 is 23.1 Å². The third-order valence-corrected chi connectivity index (χ3v) is 8.37. The Bertz CT molecular complexity index is 1410. The quantitative estimate of drug-likeness (QED) is 0.240. The highest BCUT2D eigenvalue weighted by Gasteiger charge is 2.24. The fourth-order valence-electron chi connectivity index (χ4n) is 4.59. The van der Waals surface area contributed by atoms with E-state index >= 15 is 0 Å². The molecule has 2 heterocycles. The summed E-state index contributed by atoms with van der Waals surface area (Å²) in [7, 11) is 0. The van der Waals surface area contributed by atoms with Crippen molar-refractivity contribution in [2.75, 3.05) is 0 Å². The monoisotopic (exact) mass is 495 g/mol. The van der Waals surface area contributed by atoms with Gasteiger partial charge in [-0.15, -0.1) is 0 Å². The summed E-state index contributed by atoms with van der Waals surface area (Å²) in [5.74, 6) is 0.105. The van der Waals surface area contributed by atoms with Gasteiger partial charge in [-0.3, -0.25) is 18.7 Å². The molecular formula is C26H26FN3O2S2. The number of hydrogen-bond acceptors (Lipinski definition) is 5. The van der Waals surface area contributed by atoms with Crippen LogP contribution in [0.3, 0.4) is 0 Å². The summed E-state index contributed by atoms with van der Waals surface area (Å²) < 4.78 is 18.1. The summed E-state index contributed by atoms with van der Waals surface area (Å²) in [5, 5.41) is 0.568. The van der Waals surface area contributed by atoms with Gasteiger partial charge in [0.05, 0.1) is 0 Å². The lowest BCUT2D eigenvalue weighted by Crippen LogP contribution is -2.29. The second kappa shape index (κ2) is 10.3. The van der Waals surface area contributed by atoms with Gasteiger partial charge in [0.25, 0.3) is 5.56 Å². The first-order chi connectivity index (χ1) is 16.6. The van der Waals surface area contributed by atoms with Crippen molar-refractivity contribution in [1.29, 1.82) is 0 Å². The Morgan fingerprint density at radius 3 is 2.50 bits per heavy atom. The van der Waals surface area contributed by atoms with Crippen LogP contribution in [0.5, 0.6) is 0 Å². The molecule has 0 saturated heterocycles. The first-order valence-corrected chi connectivity index (χ1v) is 13.5. The molecule has 2 aromatic carbocycles. The maximum Gasteiger partial charge on any atom is 0.309 e. The molecule has 1 saturated carbocycles. The third-order valence-electron chi connectivity index (χ3n) is 6.41. The largest absolute Gasteiger partial charge is 0.309 e. The summed E-state index contributed by atoms with van der Waals surface area (Å²) >= 11 is 2.36. The van der Waals surface area contributed by atoms with Gasteiger partial charge in [0, 0.05) is 18.3 Å². The van der Waals surface area contributed by atoms with Gasteiger partial charge in [0.1, 0.15) is 10.5 Å². The molecule has 0 spiro atoms. The highest BCUT2D eigenvalue weighted by atomic mass is 32.2. The predicted molar refractivity (Wildman–Crippen MR) is 136 cm³/mol. The normalized spacial score (nSPS) is 14.6. The van der Waals surface area contributed by atoms with Crippen molar-refractivity contribution in [3.8, 4) is 0 Å². The highest BCUT2D eigenvalue weighted by molar-refractivity contribution is 7.98. The Labute approximate surface area is 205 Å². The SMILES string of the molecule is O=c1c2sc(=O)n(CCc3ccccc3)c2nc(SCc2ccccc2F)n1C1CCCCC1. The number of nitrogens with zero attached hydrogens (tertiary/aromatic N) is 3. The summed E-state index contributed by atoms with van der Waals surface area (Å²) in [4.78, 5) is 31.2. The molecular weight excluding hydrogens is 469 g/mol. The molecule has 176 valence electrons. The van der Waals surface area contributed by atoms with Crippen molar-refractivity contribution in [3.05, 3.63) is 91.6 Å². The Hall–Kier alpha value is -2.71. The van der Waals surface area contributed by atoms with E-state index in [9.17, 15) is 14.0 Å². The van der Waals surface area contributed by atoms with E-state index in [2.05, 4.69) is 0 Å². The number of halogens is 1. The minimum absolute atomic E-state index is 0.0660. The van der Waals surface area contributed by atoms with Gasteiger partial charge in [0.2, 0.25) is 0 Å². The minimum atomic E-state index is -0.266. The molecule has 0 aliphatic heterocycles. The number of aromatic nitrogens is 3. The topological polar surface area (TPSA) is 56.9 Å². The van der Waals surface area contributed by atoms with Gasteiger partial charge in [-0.25, -0.2) is 9.37 Å². The summed E-state index contributed by atoms with van der Waals surface area (Å²) in [5.41, 5.74) is 2.00. The number of thioether (sulfide) groups is 1. The molecule has 0 amide bonds. The highest BCUT2D eigenvalue weighted by Crippen LogP contribution is 2.32. The van der Waals surface area contributed by atoms with Crippen molar-refractivity contribution < 1.29 is 4.39 Å². The molecule has 0 N–H and O–H groups in total. The van der Waals surface area contributed by atoms with Crippen molar-refractivity contribution in [2.24, 2.45) is 0 Å². The molecule has 1 aliphatic rings. The van der Waals surface area contributed by atoms with Crippen LogP contribution < -0.4 is 10.4 Å². The number of aryl methyl sites for hydroxylation is 2. The standard InChI is InChI=1S/C26H26FN3O2S2/c27-21-14-8-7-11-19(21)17-33-25-28-23-22(24(31)30(25)20-12-5-2-6-13-20)34-26(32)29(23)16-15-18-9-3-1-4-10-18/h1,3-4,7-11,14,20H,2,5-6,12-13,15-17H2. The van der Waals surface area contributed by atoms with Gasteiger partial charge < -0.3 is 0 Å². The first kappa shape index (κ1) is 23.1. The van der Waals surface area contributed by atoms with E-state index in [0.717, 1.165) is 42.6 Å². The summed E-state index contributed by atoms with van der Waals surface area (Å²) in [6.45, 7) is 0.458. The maximum atomic E-state index is 14.3. The van der Waals surface area contributed by atoms with Crippen LogP contribution in [0.1, 0.15) is 49.3 Å². The van der Waals surface area contributed by atoms with Crippen LogP contribution in [0.25, 0.3) is 10.3 Å². The zero-order chi connectivity index (χ0) is 23.5. The van der Waals surface area contributed by atoms with E-state index in [1.54, 1.807) is 21.3 Å². The smallest absolute Gasteiger partial charge is 0.283 e. The Morgan fingerprint density at radius 1 is 1.00 bits per heavy atom. The summed E-state index contributed by atoms with van der Waals surface area (Å²) in [6.07, 6.45) is 5.83. The Kier molecular flexibility index (Phi) is 6.97. The predicted octanol–water partition coefficient (Wildman–Crippen LogP) is 5.80. The number of benzene rings is 2. The van der Waals surface area contributed by atoms with Gasteiger partial charge in [-0.1, -0.05) is 90.9 Å². The minimum Gasteiger partial charge on any atom is -0.283 e. The first-order valence-electron chi connectivity index (χ1n) is 11.7. The number of rotatable bonds is 7. The summed E-state index contributed by atoms with van der Waals surface area (Å²) in [6, 6.07) is 16.7. The molecule has 5 rings (SSSR count). The van der Waals surface area contributed by atoms with E-state index in [0.29, 0.717) is 39.8 Å². The number of hydrogen-bond donors (Lipinski definition) is 0. The van der Waals surface area contributed by atoms with Crippen LogP contribution in [0.2, 0.25) is 0 Å². The molecule has 34 heavy (non-hydrogen) atoms. The average Bonchev–Trinajstić information content (AvgIpc) is 3.18. The zero-order valence-electron chi connectivity index (χ0n) is 18.8. The zero-order valence-corrected chi connectivity index (χ0v) is 20.4. The van der Waals surface area contributed by atoms with E-state index < -0.39 is 0 Å². The molecule has 5 nitrogen and oxygen atoms in total. The van der Waals surface area contributed by atoms with Crippen LogP contribution in [0.15, 0.2) is 69.3 Å². The molecule has 2 aromatic heterocycles. The van der Waals surface area contributed by atoms with Crippen molar-refractivity contribution in [3.63, 3.8) is 0 Å². The molecule has 8 heteroatoms. The third kappa shape index (κ3) is 4.74. The molecule has 0 bridgehead atoms. The van der Waals surface area contributed by atoms with E-state index in [4.69, 9.17) is 4.98 Å². The van der Waals surface area contributed by atoms with Gasteiger partial charge in [-0.2, -0.15) is 0 Å². The van der Waals surface area contributed by atoms with Crippen molar-refractivity contribution >= 4 is 33.4 Å². The second-order valence-electron chi connectivity index (χ2n) is 8.65. The van der Waals surface area contributed by atoms with Crippen LogP contribution in [-0.2, 0) is 18.7 Å². The molecule has 0 radical (unpaired) electrons. The fourth-order valence-corrected chi connectivity index (χ4v) is 6.53. The lowest BCUT2D eigenvalue weighted by molar-refractivity contribution is 0.326. The Morgan fingerprint density at radius 2 is 1.74 bits per heavy atom. The van der Waals surface area contributed by atoms with E-state index in [-0.39, 0.29) is 22.3 Å². The molecule has 0 atom stereocenters. The molecule has 1 fully saturated rings. The lowest BCUT2D eigenvalue weighted by Gasteiger charge is -2.25. The molecule has 4 aromatic rings. The maximum absolute atomic E-state index is 14.3.